The minimum atomic E-state index is -0.0343. The Morgan fingerprint density at radius 2 is 2.12 bits per heavy atom. The number of carbonyl (C=O) groups is 1. The van der Waals surface area contributed by atoms with Gasteiger partial charge in [0.25, 0.3) is 0 Å². The van der Waals surface area contributed by atoms with Gasteiger partial charge in [-0.05, 0) is 6.07 Å². The smallest absolute Gasteiger partial charge is 0.317 e. The highest BCUT2D eigenvalue weighted by Crippen LogP contribution is 2.16. The quantitative estimate of drug-likeness (QED) is 0.603. The van der Waals surface area contributed by atoms with E-state index in [1.54, 1.807) is 36.5 Å². The number of likely N-dealkylation sites (tertiary alicyclic amines) is 1. The molecule has 1 saturated heterocycles. The van der Waals surface area contributed by atoms with E-state index in [2.05, 4.69) is 25.5 Å². The lowest BCUT2D eigenvalue weighted by atomic mass is 10.1. The number of aromatic nitrogens is 5. The molecular weight excluding hydrogens is 342 g/mol. The summed E-state index contributed by atoms with van der Waals surface area (Å²) in [4.78, 5) is 22.1. The Hall–Kier alpha value is -2.36. The van der Waals surface area contributed by atoms with Gasteiger partial charge in [0.15, 0.2) is 5.16 Å². The highest BCUT2D eigenvalue weighted by Gasteiger charge is 2.24. The Morgan fingerprint density at radius 3 is 2.80 bits per heavy atom. The lowest BCUT2D eigenvalue weighted by molar-refractivity contribution is 0.103. The number of hydrogen-bond acceptors (Lipinski definition) is 7. The van der Waals surface area contributed by atoms with Crippen molar-refractivity contribution in [2.24, 2.45) is 7.05 Å². The Labute approximate surface area is 150 Å². The van der Waals surface area contributed by atoms with Crippen molar-refractivity contribution < 1.29 is 9.53 Å². The summed E-state index contributed by atoms with van der Waals surface area (Å²) in [6.45, 7) is 1.92. The molecule has 0 atom stereocenters. The van der Waals surface area contributed by atoms with E-state index in [1.165, 1.54) is 0 Å². The SMILES string of the molecule is Cn1cnnc1SCCNC(=O)N1CCC(Oc2ncccn2)CC1. The van der Waals surface area contributed by atoms with Crippen LogP contribution in [-0.2, 0) is 7.05 Å². The Bertz CT molecular complexity index is 674. The molecule has 0 radical (unpaired) electrons. The molecule has 25 heavy (non-hydrogen) atoms. The van der Waals surface area contributed by atoms with Gasteiger partial charge in [0.05, 0.1) is 0 Å². The Kier molecular flexibility index (Phi) is 6.04. The summed E-state index contributed by atoms with van der Waals surface area (Å²) < 4.78 is 7.59. The molecule has 1 fully saturated rings. The summed E-state index contributed by atoms with van der Waals surface area (Å²) in [7, 11) is 1.90. The van der Waals surface area contributed by atoms with E-state index in [0.29, 0.717) is 25.6 Å². The molecule has 2 aromatic rings. The summed E-state index contributed by atoms with van der Waals surface area (Å²) in [5, 5.41) is 11.6. The molecule has 9 nitrogen and oxygen atoms in total. The fourth-order valence-electron chi connectivity index (χ4n) is 2.49. The zero-order chi connectivity index (χ0) is 17.5. The maximum Gasteiger partial charge on any atom is 0.317 e. The number of hydrogen-bond donors (Lipinski definition) is 1. The van der Waals surface area contributed by atoms with Crippen molar-refractivity contribution >= 4 is 17.8 Å². The van der Waals surface area contributed by atoms with Crippen molar-refractivity contribution in [3.8, 4) is 6.01 Å². The third-order valence-electron chi connectivity index (χ3n) is 3.82. The predicted molar refractivity (Wildman–Crippen MR) is 92.4 cm³/mol. The van der Waals surface area contributed by atoms with Crippen LogP contribution >= 0.6 is 11.8 Å². The lowest BCUT2D eigenvalue weighted by Gasteiger charge is -2.31. The molecule has 0 bridgehead atoms. The standard InChI is InChI=1S/C15H21N7O2S/c1-21-11-19-20-15(21)25-10-7-18-14(23)22-8-3-12(4-9-22)24-13-16-5-2-6-17-13/h2,5-6,11-12H,3-4,7-10H2,1H3,(H,18,23). The first-order chi connectivity index (χ1) is 12.2. The molecule has 0 unspecified atom stereocenters. The van der Waals surface area contributed by atoms with Gasteiger partial charge in [-0.3, -0.25) is 0 Å². The van der Waals surface area contributed by atoms with Crippen molar-refractivity contribution in [1.29, 1.82) is 0 Å². The van der Waals surface area contributed by atoms with Crippen LogP contribution in [0.2, 0.25) is 0 Å². The van der Waals surface area contributed by atoms with Crippen LogP contribution < -0.4 is 10.1 Å². The van der Waals surface area contributed by atoms with Gasteiger partial charge < -0.3 is 19.5 Å². The summed E-state index contributed by atoms with van der Waals surface area (Å²) in [6, 6.07) is 2.11. The molecular formula is C15H21N7O2S. The maximum absolute atomic E-state index is 12.2. The van der Waals surface area contributed by atoms with Gasteiger partial charge in [0.1, 0.15) is 12.4 Å². The molecule has 1 N–H and O–H groups in total. The second-order valence-electron chi connectivity index (χ2n) is 5.64. The van der Waals surface area contributed by atoms with Crippen LogP contribution in [0.25, 0.3) is 0 Å². The normalized spacial score (nSPS) is 15.2. The monoisotopic (exact) mass is 363 g/mol. The van der Waals surface area contributed by atoms with Gasteiger partial charge in [0.2, 0.25) is 0 Å². The van der Waals surface area contributed by atoms with E-state index >= 15 is 0 Å². The van der Waals surface area contributed by atoms with E-state index < -0.39 is 0 Å². The molecule has 0 spiro atoms. The lowest BCUT2D eigenvalue weighted by Crippen LogP contribution is -2.47. The average molecular weight is 363 g/mol. The molecule has 1 aliphatic rings. The molecule has 3 rings (SSSR count). The van der Waals surface area contributed by atoms with Crippen LogP contribution in [0.15, 0.2) is 29.9 Å². The van der Waals surface area contributed by atoms with Crippen molar-refractivity contribution in [2.75, 3.05) is 25.4 Å². The fraction of sp³-hybridized carbons (Fsp3) is 0.533. The summed E-state index contributed by atoms with van der Waals surface area (Å²) in [6.07, 6.45) is 6.58. The number of urea groups is 1. The van der Waals surface area contributed by atoms with E-state index in [-0.39, 0.29) is 12.1 Å². The maximum atomic E-state index is 12.2. The van der Waals surface area contributed by atoms with Crippen LogP contribution in [0.5, 0.6) is 6.01 Å². The van der Waals surface area contributed by atoms with Crippen molar-refractivity contribution in [3.05, 3.63) is 24.8 Å². The fourth-order valence-corrected chi connectivity index (χ4v) is 3.23. The Balaban J connectivity index is 1.33. The van der Waals surface area contributed by atoms with Gasteiger partial charge in [-0.1, -0.05) is 11.8 Å². The third-order valence-corrected chi connectivity index (χ3v) is 4.86. The van der Waals surface area contributed by atoms with E-state index in [1.807, 2.05) is 16.5 Å². The van der Waals surface area contributed by atoms with Crippen molar-refractivity contribution in [3.63, 3.8) is 0 Å². The molecule has 2 amide bonds. The number of rotatable bonds is 6. The van der Waals surface area contributed by atoms with Gasteiger partial charge in [-0.15, -0.1) is 10.2 Å². The van der Waals surface area contributed by atoms with Gasteiger partial charge in [-0.25, -0.2) is 14.8 Å². The minimum Gasteiger partial charge on any atom is -0.460 e. The molecule has 1 aliphatic heterocycles. The zero-order valence-corrected chi connectivity index (χ0v) is 14.9. The van der Waals surface area contributed by atoms with Crippen LogP contribution in [0.4, 0.5) is 4.79 Å². The van der Waals surface area contributed by atoms with Crippen molar-refractivity contribution in [1.82, 2.24) is 34.9 Å². The number of thioether (sulfide) groups is 1. The van der Waals surface area contributed by atoms with Gasteiger partial charge in [0, 0.05) is 57.7 Å². The third kappa shape index (κ3) is 5.05. The molecule has 10 heteroatoms. The molecule has 2 aromatic heterocycles. The highest BCUT2D eigenvalue weighted by molar-refractivity contribution is 7.99. The van der Waals surface area contributed by atoms with Crippen LogP contribution in [0, 0.1) is 0 Å². The van der Waals surface area contributed by atoms with E-state index in [9.17, 15) is 4.79 Å². The second-order valence-corrected chi connectivity index (χ2v) is 6.70. The Morgan fingerprint density at radius 1 is 1.36 bits per heavy atom. The summed E-state index contributed by atoms with van der Waals surface area (Å²) in [5.41, 5.74) is 0. The number of piperidine rings is 1. The molecule has 0 aliphatic carbocycles. The number of ether oxygens (including phenoxy) is 1. The molecule has 134 valence electrons. The predicted octanol–water partition coefficient (Wildman–Crippen LogP) is 0.950. The number of nitrogens with zero attached hydrogens (tertiary/aromatic N) is 6. The van der Waals surface area contributed by atoms with Gasteiger partial charge in [-0.2, -0.15) is 0 Å². The number of nitrogens with one attached hydrogen (secondary N) is 1. The van der Waals surface area contributed by atoms with Crippen molar-refractivity contribution in [2.45, 2.75) is 24.1 Å². The zero-order valence-electron chi connectivity index (χ0n) is 14.0. The topological polar surface area (TPSA) is 98.1 Å². The average Bonchev–Trinajstić information content (AvgIpc) is 3.05. The first kappa shape index (κ1) is 17.5. The highest BCUT2D eigenvalue weighted by atomic mass is 32.2. The van der Waals surface area contributed by atoms with E-state index in [4.69, 9.17) is 4.74 Å². The first-order valence-corrected chi connectivity index (χ1v) is 9.14. The summed E-state index contributed by atoms with van der Waals surface area (Å²) in [5.74, 6) is 0.753. The first-order valence-electron chi connectivity index (χ1n) is 8.15. The molecule has 0 saturated carbocycles. The van der Waals surface area contributed by atoms with Crippen LogP contribution in [-0.4, -0.2) is 67.2 Å². The van der Waals surface area contributed by atoms with Crippen LogP contribution in [0.3, 0.4) is 0 Å². The number of carbonyl (C=O) groups excluding carboxylic acids is 1. The largest absolute Gasteiger partial charge is 0.460 e. The second kappa shape index (κ2) is 8.65. The van der Waals surface area contributed by atoms with E-state index in [0.717, 1.165) is 23.8 Å². The molecule has 0 aromatic carbocycles. The summed E-state index contributed by atoms with van der Waals surface area (Å²) >= 11 is 1.57. The minimum absolute atomic E-state index is 0.0343. The molecule has 3 heterocycles. The number of amides is 2. The van der Waals surface area contributed by atoms with Gasteiger partial charge >= 0.3 is 12.0 Å². The number of aryl methyl sites for hydroxylation is 1. The van der Waals surface area contributed by atoms with Crippen LogP contribution in [0.1, 0.15) is 12.8 Å².